The molecule has 0 N–H and O–H groups in total. The number of hydrogen-bond donors (Lipinski definition) is 0. The van der Waals surface area contributed by atoms with Crippen LogP contribution in [0.5, 0.6) is 0 Å². The first-order chi connectivity index (χ1) is 10.1. The molecule has 21 heavy (non-hydrogen) atoms. The van der Waals surface area contributed by atoms with Crippen molar-refractivity contribution in [2.24, 2.45) is 0 Å². The predicted octanol–water partition coefficient (Wildman–Crippen LogP) is 4.78. The van der Waals surface area contributed by atoms with Crippen molar-refractivity contribution in [2.75, 3.05) is 0 Å². The van der Waals surface area contributed by atoms with Crippen LogP contribution in [-0.2, 0) is 12.8 Å². The van der Waals surface area contributed by atoms with Gasteiger partial charge in [0.25, 0.3) is 0 Å². The summed E-state index contributed by atoms with van der Waals surface area (Å²) in [5, 5.41) is 0. The van der Waals surface area contributed by atoms with Crippen LogP contribution in [0.25, 0.3) is 0 Å². The number of ketones is 1. The fourth-order valence-electron chi connectivity index (χ4n) is 3.41. The summed E-state index contributed by atoms with van der Waals surface area (Å²) >= 11 is 0. The van der Waals surface area contributed by atoms with Gasteiger partial charge in [0.1, 0.15) is 0 Å². The SMILES string of the molecule is CCCCc1ccc2c(c1)Cc1cc(C)cc(C)c1C2=O. The third-order valence-electron chi connectivity index (χ3n) is 4.40. The highest BCUT2D eigenvalue weighted by Gasteiger charge is 2.25. The van der Waals surface area contributed by atoms with E-state index < -0.39 is 0 Å². The van der Waals surface area contributed by atoms with Crippen LogP contribution in [0.3, 0.4) is 0 Å². The van der Waals surface area contributed by atoms with E-state index >= 15 is 0 Å². The van der Waals surface area contributed by atoms with Crippen LogP contribution < -0.4 is 0 Å². The molecular formula is C20H22O. The van der Waals surface area contributed by atoms with Gasteiger partial charge in [-0.25, -0.2) is 0 Å². The predicted molar refractivity (Wildman–Crippen MR) is 87.2 cm³/mol. The number of rotatable bonds is 3. The molecule has 0 unspecified atom stereocenters. The lowest BCUT2D eigenvalue weighted by Crippen LogP contribution is -2.17. The van der Waals surface area contributed by atoms with Crippen molar-refractivity contribution >= 4 is 5.78 Å². The molecule has 0 atom stereocenters. The lowest BCUT2D eigenvalue weighted by Gasteiger charge is -2.21. The maximum Gasteiger partial charge on any atom is 0.193 e. The van der Waals surface area contributed by atoms with Gasteiger partial charge in [-0.05, 0) is 55.4 Å². The summed E-state index contributed by atoms with van der Waals surface area (Å²) in [4.78, 5) is 12.8. The highest BCUT2D eigenvalue weighted by molar-refractivity contribution is 6.13. The summed E-state index contributed by atoms with van der Waals surface area (Å²) in [6.07, 6.45) is 4.41. The van der Waals surface area contributed by atoms with Crippen LogP contribution in [-0.4, -0.2) is 5.78 Å². The van der Waals surface area contributed by atoms with E-state index in [1.807, 2.05) is 13.0 Å². The first-order valence-electron chi connectivity index (χ1n) is 7.86. The van der Waals surface area contributed by atoms with Crippen LogP contribution in [0.4, 0.5) is 0 Å². The highest BCUT2D eigenvalue weighted by atomic mass is 16.1. The molecule has 0 bridgehead atoms. The molecule has 1 heteroatoms. The Morgan fingerprint density at radius 3 is 2.62 bits per heavy atom. The number of benzene rings is 2. The fraction of sp³-hybridized carbons (Fsp3) is 0.350. The van der Waals surface area contributed by atoms with E-state index in [1.165, 1.54) is 35.1 Å². The van der Waals surface area contributed by atoms with E-state index in [2.05, 4.69) is 38.1 Å². The maximum atomic E-state index is 12.8. The Hall–Kier alpha value is -1.89. The first kappa shape index (κ1) is 14.1. The number of carbonyl (C=O) groups is 1. The quantitative estimate of drug-likeness (QED) is 0.673. The fourth-order valence-corrected chi connectivity index (χ4v) is 3.41. The van der Waals surface area contributed by atoms with Gasteiger partial charge in [-0.3, -0.25) is 4.79 Å². The molecule has 1 nitrogen and oxygen atoms in total. The maximum absolute atomic E-state index is 12.8. The van der Waals surface area contributed by atoms with E-state index in [0.717, 1.165) is 29.5 Å². The molecule has 3 rings (SSSR count). The molecule has 1 aliphatic rings. The molecule has 0 heterocycles. The van der Waals surface area contributed by atoms with Gasteiger partial charge in [0, 0.05) is 11.1 Å². The Kier molecular flexibility index (Phi) is 3.67. The molecule has 0 fully saturated rings. The molecular weight excluding hydrogens is 256 g/mol. The Morgan fingerprint density at radius 2 is 1.86 bits per heavy atom. The van der Waals surface area contributed by atoms with Gasteiger partial charge in [-0.15, -0.1) is 0 Å². The van der Waals surface area contributed by atoms with Crippen LogP contribution >= 0.6 is 0 Å². The van der Waals surface area contributed by atoms with Gasteiger partial charge >= 0.3 is 0 Å². The topological polar surface area (TPSA) is 17.1 Å². The molecule has 2 aromatic carbocycles. The van der Waals surface area contributed by atoms with E-state index in [-0.39, 0.29) is 5.78 Å². The average molecular weight is 278 g/mol. The summed E-state index contributed by atoms with van der Waals surface area (Å²) in [7, 11) is 0. The monoisotopic (exact) mass is 278 g/mol. The summed E-state index contributed by atoms with van der Waals surface area (Å²) in [5.41, 5.74) is 7.92. The third kappa shape index (κ3) is 2.53. The van der Waals surface area contributed by atoms with Crippen molar-refractivity contribution in [3.8, 4) is 0 Å². The second kappa shape index (κ2) is 5.48. The minimum atomic E-state index is 0.200. The van der Waals surface area contributed by atoms with Crippen molar-refractivity contribution in [3.05, 3.63) is 69.3 Å². The molecule has 0 saturated heterocycles. The van der Waals surface area contributed by atoms with Crippen LogP contribution in [0.1, 0.15) is 63.5 Å². The molecule has 0 spiro atoms. The van der Waals surface area contributed by atoms with Crippen LogP contribution in [0, 0.1) is 13.8 Å². The van der Waals surface area contributed by atoms with Gasteiger partial charge < -0.3 is 0 Å². The zero-order chi connectivity index (χ0) is 15.0. The smallest absolute Gasteiger partial charge is 0.193 e. The van der Waals surface area contributed by atoms with Gasteiger partial charge in [0.15, 0.2) is 5.78 Å². The summed E-state index contributed by atoms with van der Waals surface area (Å²) in [6, 6.07) is 10.7. The Balaban J connectivity index is 2.04. The molecule has 108 valence electrons. The van der Waals surface area contributed by atoms with Crippen LogP contribution in [0.2, 0.25) is 0 Å². The Bertz CT molecular complexity index is 710. The Morgan fingerprint density at radius 1 is 1.05 bits per heavy atom. The second-order valence-electron chi connectivity index (χ2n) is 6.22. The molecule has 0 amide bonds. The first-order valence-corrected chi connectivity index (χ1v) is 7.86. The van der Waals surface area contributed by atoms with Crippen LogP contribution in [0.15, 0.2) is 30.3 Å². The normalized spacial score (nSPS) is 13.0. The zero-order valence-electron chi connectivity index (χ0n) is 13.1. The van der Waals surface area contributed by atoms with Gasteiger partial charge in [-0.1, -0.05) is 49.2 Å². The standard InChI is InChI=1S/C20H22O/c1-4-5-6-15-7-8-18-16(11-15)12-17-10-13(2)9-14(3)19(17)20(18)21/h7-11H,4-6,12H2,1-3H3. The average Bonchev–Trinajstić information content (AvgIpc) is 2.44. The van der Waals surface area contributed by atoms with E-state index in [9.17, 15) is 4.79 Å². The Labute approximate surface area is 127 Å². The molecule has 0 aliphatic heterocycles. The minimum absolute atomic E-state index is 0.200. The van der Waals surface area contributed by atoms with Crippen molar-refractivity contribution in [2.45, 2.75) is 46.5 Å². The van der Waals surface area contributed by atoms with E-state index in [0.29, 0.717) is 0 Å². The number of carbonyl (C=O) groups excluding carboxylic acids is 1. The zero-order valence-corrected chi connectivity index (χ0v) is 13.1. The molecule has 0 aromatic heterocycles. The van der Waals surface area contributed by atoms with Gasteiger partial charge in [-0.2, -0.15) is 0 Å². The van der Waals surface area contributed by atoms with Gasteiger partial charge in [0.2, 0.25) is 0 Å². The number of aryl methyl sites for hydroxylation is 3. The van der Waals surface area contributed by atoms with Crippen molar-refractivity contribution in [1.82, 2.24) is 0 Å². The number of fused-ring (bicyclic) bond motifs is 2. The number of hydrogen-bond acceptors (Lipinski definition) is 1. The second-order valence-corrected chi connectivity index (χ2v) is 6.22. The molecule has 1 aliphatic carbocycles. The highest BCUT2D eigenvalue weighted by Crippen LogP contribution is 2.31. The van der Waals surface area contributed by atoms with Crippen molar-refractivity contribution in [1.29, 1.82) is 0 Å². The van der Waals surface area contributed by atoms with E-state index in [1.54, 1.807) is 0 Å². The largest absolute Gasteiger partial charge is 0.289 e. The molecule has 2 aromatic rings. The van der Waals surface area contributed by atoms with Crippen molar-refractivity contribution < 1.29 is 4.79 Å². The molecule has 0 saturated carbocycles. The summed E-state index contributed by atoms with van der Waals surface area (Å²) in [6.45, 7) is 6.36. The lowest BCUT2D eigenvalue weighted by molar-refractivity contribution is 0.103. The van der Waals surface area contributed by atoms with E-state index in [4.69, 9.17) is 0 Å². The summed E-state index contributed by atoms with van der Waals surface area (Å²) in [5.74, 6) is 0.200. The summed E-state index contributed by atoms with van der Waals surface area (Å²) < 4.78 is 0. The minimum Gasteiger partial charge on any atom is -0.289 e. The van der Waals surface area contributed by atoms with Crippen molar-refractivity contribution in [3.63, 3.8) is 0 Å². The lowest BCUT2D eigenvalue weighted by atomic mass is 9.81. The van der Waals surface area contributed by atoms with Gasteiger partial charge in [0.05, 0.1) is 0 Å². The molecule has 0 radical (unpaired) electrons. The third-order valence-corrected chi connectivity index (χ3v) is 4.40. The number of unbranched alkanes of at least 4 members (excludes halogenated alkanes) is 1.